The minimum absolute atomic E-state index is 0.0761. The number of aliphatic carboxylic acids is 1. The average Bonchev–Trinajstić information content (AvgIpc) is 3.28. The van der Waals surface area contributed by atoms with Crippen molar-refractivity contribution in [2.24, 2.45) is 17.3 Å². The van der Waals surface area contributed by atoms with Gasteiger partial charge < -0.3 is 20.1 Å². The number of carboxylic acids is 1. The number of likely N-dealkylation sites (tertiary alicyclic amines) is 1. The molecule has 218 valence electrons. The van der Waals surface area contributed by atoms with Crippen molar-refractivity contribution in [3.8, 4) is 5.88 Å². The van der Waals surface area contributed by atoms with Crippen molar-refractivity contribution >= 4 is 11.9 Å². The second kappa shape index (κ2) is 11.8. The van der Waals surface area contributed by atoms with Gasteiger partial charge in [-0.3, -0.25) is 4.79 Å². The van der Waals surface area contributed by atoms with Crippen molar-refractivity contribution in [2.45, 2.75) is 83.7 Å². The molecule has 40 heavy (non-hydrogen) atoms. The first-order valence-electron chi connectivity index (χ1n) is 13.8. The van der Waals surface area contributed by atoms with Crippen LogP contribution in [0.4, 0.5) is 13.2 Å². The smallest absolute Gasteiger partial charge is 0.433 e. The molecule has 0 radical (unpaired) electrons. The lowest BCUT2D eigenvalue weighted by molar-refractivity contribution is -0.154. The number of carboxylic acid groups (broad SMARTS) is 1. The van der Waals surface area contributed by atoms with Gasteiger partial charge in [0.2, 0.25) is 11.8 Å². The summed E-state index contributed by atoms with van der Waals surface area (Å²) >= 11 is 0. The first-order valence-corrected chi connectivity index (χ1v) is 13.8. The molecule has 2 heterocycles. The number of methoxy groups -OCH3 is 1. The van der Waals surface area contributed by atoms with E-state index in [-0.39, 0.29) is 24.2 Å². The Hall–Kier alpha value is -3.14. The molecule has 2 aromatic rings. The van der Waals surface area contributed by atoms with E-state index in [4.69, 9.17) is 4.74 Å². The van der Waals surface area contributed by atoms with E-state index in [1.807, 2.05) is 51.1 Å². The van der Waals surface area contributed by atoms with Gasteiger partial charge in [0.05, 0.1) is 13.2 Å². The molecule has 0 spiro atoms. The van der Waals surface area contributed by atoms with Crippen molar-refractivity contribution < 1.29 is 32.6 Å². The van der Waals surface area contributed by atoms with Gasteiger partial charge in [-0.05, 0) is 29.9 Å². The highest BCUT2D eigenvalue weighted by atomic mass is 19.4. The molecule has 2 fully saturated rings. The summed E-state index contributed by atoms with van der Waals surface area (Å²) in [6, 6.07) is 9.42. The molecule has 2 aliphatic rings. The molecular formula is C30H38F3N3O4. The van der Waals surface area contributed by atoms with Crippen molar-refractivity contribution in [3.63, 3.8) is 0 Å². The normalized spacial score (nSPS) is 24.2. The third-order valence-corrected chi connectivity index (χ3v) is 8.22. The fourth-order valence-corrected chi connectivity index (χ4v) is 6.45. The maximum atomic E-state index is 14.1. The standard InChI is InChI=1S/C30H38F3N3O4/c1-29(2,3)22-23(34-17-20-15-16-21(30(31,32)33)35-26(20)40-4)24(18-11-7-5-8-12-18)36(25(22)28(38)39)27(37)19-13-9-6-10-14-19/h5,7-8,11-12,15-16,19,22-25,34H,6,9-10,13-14,17H2,1-4H3,(H,38,39)/t22-,23-,24-,25-/m1/s1. The highest BCUT2D eigenvalue weighted by Gasteiger charge is 2.58. The summed E-state index contributed by atoms with van der Waals surface area (Å²) in [4.78, 5) is 32.3. The number of nitrogens with zero attached hydrogens (tertiary/aromatic N) is 2. The predicted molar refractivity (Wildman–Crippen MR) is 143 cm³/mol. The van der Waals surface area contributed by atoms with Crippen LogP contribution in [-0.4, -0.2) is 46.1 Å². The zero-order chi connectivity index (χ0) is 29.2. The number of rotatable bonds is 7. The van der Waals surface area contributed by atoms with Gasteiger partial charge in [0.15, 0.2) is 0 Å². The fourth-order valence-electron chi connectivity index (χ4n) is 6.45. The third kappa shape index (κ3) is 6.11. The Balaban J connectivity index is 1.78. The minimum atomic E-state index is -4.62. The first kappa shape index (κ1) is 29.8. The van der Waals surface area contributed by atoms with Crippen LogP contribution in [0.25, 0.3) is 0 Å². The molecule has 1 aromatic heterocycles. The van der Waals surface area contributed by atoms with Gasteiger partial charge in [-0.2, -0.15) is 13.2 Å². The monoisotopic (exact) mass is 561 g/mol. The Kier molecular flexibility index (Phi) is 8.77. The summed E-state index contributed by atoms with van der Waals surface area (Å²) < 4.78 is 44.9. The molecule has 1 saturated heterocycles. The number of halogens is 3. The van der Waals surface area contributed by atoms with Gasteiger partial charge >= 0.3 is 12.1 Å². The number of amides is 1. The molecule has 7 nitrogen and oxygen atoms in total. The summed E-state index contributed by atoms with van der Waals surface area (Å²) in [7, 11) is 1.26. The Morgan fingerprint density at radius 1 is 1.05 bits per heavy atom. The lowest BCUT2D eigenvalue weighted by atomic mass is 9.72. The van der Waals surface area contributed by atoms with Gasteiger partial charge in [-0.1, -0.05) is 76.4 Å². The van der Waals surface area contributed by atoms with Crippen LogP contribution in [0.2, 0.25) is 0 Å². The summed E-state index contributed by atoms with van der Waals surface area (Å²) in [6.07, 6.45) is -0.223. The minimum Gasteiger partial charge on any atom is -0.481 e. The molecule has 1 aliphatic carbocycles. The Bertz CT molecular complexity index is 1190. The zero-order valence-corrected chi connectivity index (χ0v) is 23.4. The van der Waals surface area contributed by atoms with Gasteiger partial charge in [-0.25, -0.2) is 9.78 Å². The van der Waals surface area contributed by atoms with E-state index in [9.17, 15) is 27.9 Å². The molecular weight excluding hydrogens is 523 g/mol. The lowest BCUT2D eigenvalue weighted by Gasteiger charge is -2.36. The molecule has 0 unspecified atom stereocenters. The second-order valence-corrected chi connectivity index (χ2v) is 11.9. The Labute approximate surface area is 233 Å². The lowest BCUT2D eigenvalue weighted by Crippen LogP contribution is -2.49. The first-order chi connectivity index (χ1) is 18.8. The zero-order valence-electron chi connectivity index (χ0n) is 23.4. The predicted octanol–water partition coefficient (Wildman–Crippen LogP) is 5.85. The highest BCUT2D eigenvalue weighted by Crippen LogP contribution is 2.49. The highest BCUT2D eigenvalue weighted by molar-refractivity contribution is 5.87. The molecule has 1 amide bonds. The van der Waals surface area contributed by atoms with Gasteiger partial charge in [0, 0.05) is 30.0 Å². The van der Waals surface area contributed by atoms with Crippen molar-refractivity contribution in [3.05, 3.63) is 59.3 Å². The van der Waals surface area contributed by atoms with Crippen molar-refractivity contribution in [2.75, 3.05) is 7.11 Å². The number of pyridine rings is 1. The maximum Gasteiger partial charge on any atom is 0.433 e. The van der Waals surface area contributed by atoms with Crippen LogP contribution in [0.15, 0.2) is 42.5 Å². The number of benzene rings is 1. The number of hydrogen-bond donors (Lipinski definition) is 2. The topological polar surface area (TPSA) is 91.8 Å². The second-order valence-electron chi connectivity index (χ2n) is 11.9. The fraction of sp³-hybridized carbons (Fsp3) is 0.567. The van der Waals surface area contributed by atoms with Crippen LogP contribution >= 0.6 is 0 Å². The number of carbonyl (C=O) groups excluding carboxylic acids is 1. The van der Waals surface area contributed by atoms with E-state index in [2.05, 4.69) is 10.3 Å². The average molecular weight is 562 g/mol. The number of hydrogen-bond acceptors (Lipinski definition) is 5. The SMILES string of the molecule is COc1nc(C(F)(F)F)ccc1CN[C@@H]1[C@@H](C(C)(C)C)[C@H](C(=O)O)N(C(=O)C2CCCCC2)[C@@H]1c1ccccc1. The van der Waals surface area contributed by atoms with Crippen molar-refractivity contribution in [1.29, 1.82) is 0 Å². The van der Waals surface area contributed by atoms with Crippen LogP contribution < -0.4 is 10.1 Å². The van der Waals surface area contributed by atoms with Gasteiger partial charge in [-0.15, -0.1) is 0 Å². The quantitative estimate of drug-likeness (QED) is 0.441. The van der Waals surface area contributed by atoms with Crippen molar-refractivity contribution in [1.82, 2.24) is 15.2 Å². The van der Waals surface area contributed by atoms with Crippen LogP contribution in [0.1, 0.15) is 75.7 Å². The number of nitrogens with one attached hydrogen (secondary N) is 1. The molecule has 2 N–H and O–H groups in total. The van der Waals surface area contributed by atoms with Crippen LogP contribution in [0.3, 0.4) is 0 Å². The summed E-state index contributed by atoms with van der Waals surface area (Å²) in [5.74, 6) is -2.11. The number of alkyl halides is 3. The largest absolute Gasteiger partial charge is 0.481 e. The van der Waals surface area contributed by atoms with Crippen LogP contribution in [0.5, 0.6) is 5.88 Å². The number of aromatic nitrogens is 1. The van der Waals surface area contributed by atoms with E-state index < -0.39 is 47.3 Å². The molecule has 4 atom stereocenters. The third-order valence-electron chi connectivity index (χ3n) is 8.22. The van der Waals surface area contributed by atoms with Gasteiger partial charge in [0.25, 0.3) is 0 Å². The molecule has 1 saturated carbocycles. The number of carbonyl (C=O) groups is 2. The van der Waals surface area contributed by atoms with E-state index in [0.29, 0.717) is 5.56 Å². The van der Waals surface area contributed by atoms with E-state index in [0.717, 1.165) is 43.7 Å². The number of ether oxygens (including phenoxy) is 1. The van der Waals surface area contributed by atoms with Crippen LogP contribution in [0, 0.1) is 17.3 Å². The molecule has 10 heteroatoms. The Morgan fingerprint density at radius 3 is 2.25 bits per heavy atom. The van der Waals surface area contributed by atoms with E-state index in [1.54, 1.807) is 4.90 Å². The molecule has 1 aromatic carbocycles. The van der Waals surface area contributed by atoms with E-state index in [1.165, 1.54) is 13.2 Å². The Morgan fingerprint density at radius 2 is 1.70 bits per heavy atom. The molecule has 0 bridgehead atoms. The maximum absolute atomic E-state index is 14.1. The van der Waals surface area contributed by atoms with Crippen LogP contribution in [-0.2, 0) is 22.3 Å². The summed E-state index contributed by atoms with van der Waals surface area (Å²) in [5, 5.41) is 14.0. The summed E-state index contributed by atoms with van der Waals surface area (Å²) in [6.45, 7) is 5.95. The van der Waals surface area contributed by atoms with Gasteiger partial charge in [0.1, 0.15) is 11.7 Å². The molecule has 4 rings (SSSR count). The summed E-state index contributed by atoms with van der Waals surface area (Å²) in [5.41, 5.74) is -0.380. The van der Waals surface area contributed by atoms with E-state index >= 15 is 0 Å². The molecule has 1 aliphatic heterocycles.